The van der Waals surface area contributed by atoms with Gasteiger partial charge in [0.2, 0.25) is 0 Å². The van der Waals surface area contributed by atoms with Crippen LogP contribution >= 0.6 is 11.5 Å². The summed E-state index contributed by atoms with van der Waals surface area (Å²) in [5, 5.41) is 9.53. The van der Waals surface area contributed by atoms with Crippen LogP contribution in [0, 0.1) is 18.3 Å². The van der Waals surface area contributed by atoms with Gasteiger partial charge < -0.3 is 5.41 Å². The third-order valence-electron chi connectivity index (χ3n) is 2.57. The molecule has 0 aliphatic rings. The summed E-state index contributed by atoms with van der Waals surface area (Å²) in [5.41, 5.74) is 2.20. The fourth-order valence-electron chi connectivity index (χ4n) is 1.66. The molecule has 1 heterocycles. The fraction of sp³-hybridized carbons (Fsp3) is 0.583. The van der Waals surface area contributed by atoms with Crippen molar-refractivity contribution in [3.05, 3.63) is 16.6 Å². The molecule has 0 aromatic carbocycles. The maximum absolute atomic E-state index is 12.0. The Morgan fingerprint density at radius 2 is 2.31 bits per heavy atom. The van der Waals surface area contributed by atoms with Crippen LogP contribution in [0.3, 0.4) is 0 Å². The number of hydrogen-bond donors (Lipinski definition) is 1. The van der Waals surface area contributed by atoms with Crippen LogP contribution < -0.4 is 0 Å². The Morgan fingerprint density at radius 3 is 2.81 bits per heavy atom. The molecular formula is C12H18N2OS. The fourth-order valence-corrected chi connectivity index (χ4v) is 2.36. The summed E-state index contributed by atoms with van der Waals surface area (Å²) in [6.45, 7) is 5.80. The first-order valence-electron chi connectivity index (χ1n) is 5.57. The van der Waals surface area contributed by atoms with E-state index in [9.17, 15) is 4.79 Å². The van der Waals surface area contributed by atoms with Crippen LogP contribution in [0.25, 0.3) is 0 Å². The monoisotopic (exact) mass is 238 g/mol. The maximum Gasteiger partial charge on any atom is 0.168 e. The number of aromatic nitrogens is 1. The first-order valence-corrected chi connectivity index (χ1v) is 6.41. The van der Waals surface area contributed by atoms with Gasteiger partial charge in [-0.1, -0.05) is 20.3 Å². The molecular weight excluding hydrogens is 220 g/mol. The van der Waals surface area contributed by atoms with Crippen LogP contribution in [-0.2, 0) is 0 Å². The van der Waals surface area contributed by atoms with E-state index in [0.29, 0.717) is 12.1 Å². The Morgan fingerprint density at radius 1 is 1.62 bits per heavy atom. The number of rotatable bonds is 6. The number of Topliss-reactive ketones (excluding diaryl/α,β-unsaturated/α-hetero) is 1. The third kappa shape index (κ3) is 3.23. The van der Waals surface area contributed by atoms with Crippen molar-refractivity contribution in [3.8, 4) is 0 Å². The molecule has 1 atom stereocenters. The predicted molar refractivity (Wildman–Crippen MR) is 67.6 cm³/mol. The van der Waals surface area contributed by atoms with Gasteiger partial charge in [-0.2, -0.15) is 4.37 Å². The number of nitrogens with one attached hydrogen (secondary N) is 1. The van der Waals surface area contributed by atoms with Gasteiger partial charge in [-0.3, -0.25) is 4.79 Å². The molecule has 88 valence electrons. The first-order chi connectivity index (χ1) is 7.56. The highest BCUT2D eigenvalue weighted by Crippen LogP contribution is 2.18. The van der Waals surface area contributed by atoms with Crippen LogP contribution in [-0.4, -0.2) is 15.9 Å². The van der Waals surface area contributed by atoms with Gasteiger partial charge in [0, 0.05) is 17.0 Å². The van der Waals surface area contributed by atoms with E-state index >= 15 is 0 Å². The Hall–Kier alpha value is -1.03. The summed E-state index contributed by atoms with van der Waals surface area (Å²) >= 11 is 1.32. The molecule has 0 spiro atoms. The zero-order valence-corrected chi connectivity index (χ0v) is 10.9. The van der Waals surface area contributed by atoms with Gasteiger partial charge >= 0.3 is 0 Å². The lowest BCUT2D eigenvalue weighted by Gasteiger charge is -2.10. The van der Waals surface area contributed by atoms with Gasteiger partial charge in [-0.25, -0.2) is 0 Å². The van der Waals surface area contributed by atoms with Crippen molar-refractivity contribution in [1.29, 1.82) is 5.41 Å². The second-order valence-electron chi connectivity index (χ2n) is 4.14. The summed E-state index contributed by atoms with van der Waals surface area (Å²) in [5.74, 6) is 0.0150. The summed E-state index contributed by atoms with van der Waals surface area (Å²) in [6.07, 6.45) is 2.33. The third-order valence-corrected chi connectivity index (χ3v) is 3.29. The minimum Gasteiger partial charge on any atom is -0.310 e. The van der Waals surface area contributed by atoms with Gasteiger partial charge in [-0.15, -0.1) is 0 Å². The number of carbonyl (C=O) groups is 1. The highest BCUT2D eigenvalue weighted by atomic mass is 32.1. The molecule has 1 N–H and O–H groups in total. The van der Waals surface area contributed by atoms with Crippen LogP contribution in [0.4, 0.5) is 0 Å². The summed E-state index contributed by atoms with van der Waals surface area (Å²) in [4.78, 5) is 12.0. The molecule has 0 saturated heterocycles. The van der Waals surface area contributed by atoms with Gasteiger partial charge in [0.15, 0.2) is 5.78 Å². The number of ketones is 1. The molecule has 1 unspecified atom stereocenters. The summed E-state index contributed by atoms with van der Waals surface area (Å²) in [7, 11) is 0. The largest absolute Gasteiger partial charge is 0.310 e. The molecule has 0 radical (unpaired) electrons. The molecule has 16 heavy (non-hydrogen) atoms. The molecule has 1 rings (SSSR count). The quantitative estimate of drug-likeness (QED) is 0.609. The van der Waals surface area contributed by atoms with Crippen molar-refractivity contribution in [2.75, 3.05) is 0 Å². The lowest BCUT2D eigenvalue weighted by atomic mass is 9.93. The van der Waals surface area contributed by atoms with Gasteiger partial charge in [-0.05, 0) is 31.3 Å². The minimum atomic E-state index is -0.103. The molecule has 0 fully saturated rings. The van der Waals surface area contributed by atoms with E-state index in [0.717, 1.165) is 24.1 Å². The van der Waals surface area contributed by atoms with Crippen molar-refractivity contribution in [1.82, 2.24) is 4.37 Å². The zero-order chi connectivity index (χ0) is 12.1. The Bertz CT molecular complexity index is 384. The average molecular weight is 238 g/mol. The number of aryl methyl sites for hydroxylation is 1. The van der Waals surface area contributed by atoms with Gasteiger partial charge in [0.25, 0.3) is 0 Å². The lowest BCUT2D eigenvalue weighted by Crippen LogP contribution is -2.15. The molecule has 4 heteroatoms. The molecule has 3 nitrogen and oxygen atoms in total. The molecule has 0 saturated carbocycles. The highest BCUT2D eigenvalue weighted by molar-refractivity contribution is 7.03. The average Bonchev–Trinajstić information content (AvgIpc) is 2.63. The molecule has 0 aliphatic heterocycles. The second kappa shape index (κ2) is 5.89. The molecule has 0 aliphatic carbocycles. The van der Waals surface area contributed by atoms with Crippen LogP contribution in [0.5, 0.6) is 0 Å². The van der Waals surface area contributed by atoms with Crippen LogP contribution in [0.2, 0.25) is 0 Å². The number of carbonyl (C=O) groups excluding carboxylic acids is 1. The molecule has 0 bridgehead atoms. The molecule has 0 amide bonds. The van der Waals surface area contributed by atoms with E-state index < -0.39 is 0 Å². The highest BCUT2D eigenvalue weighted by Gasteiger charge is 2.19. The van der Waals surface area contributed by atoms with Crippen LogP contribution in [0.1, 0.15) is 49.2 Å². The van der Waals surface area contributed by atoms with Crippen molar-refractivity contribution < 1.29 is 4.79 Å². The smallest absolute Gasteiger partial charge is 0.168 e. The van der Waals surface area contributed by atoms with E-state index in [1.807, 2.05) is 20.8 Å². The first kappa shape index (κ1) is 13.0. The van der Waals surface area contributed by atoms with Gasteiger partial charge in [0.1, 0.15) is 0 Å². The van der Waals surface area contributed by atoms with Crippen molar-refractivity contribution in [2.24, 2.45) is 5.92 Å². The predicted octanol–water partition coefficient (Wildman–Crippen LogP) is 3.48. The van der Waals surface area contributed by atoms with Gasteiger partial charge in [0.05, 0.1) is 11.3 Å². The lowest BCUT2D eigenvalue weighted by molar-refractivity contribution is 0.0932. The topological polar surface area (TPSA) is 53.8 Å². The van der Waals surface area contributed by atoms with E-state index in [4.69, 9.17) is 5.41 Å². The maximum atomic E-state index is 12.0. The minimum absolute atomic E-state index is 0.103. The molecule has 1 aromatic rings. The van der Waals surface area contributed by atoms with E-state index in [1.165, 1.54) is 11.5 Å². The van der Waals surface area contributed by atoms with E-state index in [1.54, 1.807) is 5.38 Å². The van der Waals surface area contributed by atoms with Crippen LogP contribution in [0.15, 0.2) is 5.38 Å². The van der Waals surface area contributed by atoms with Crippen molar-refractivity contribution in [2.45, 2.75) is 40.0 Å². The van der Waals surface area contributed by atoms with E-state index in [2.05, 4.69) is 4.37 Å². The zero-order valence-electron chi connectivity index (χ0n) is 10.0. The summed E-state index contributed by atoms with van der Waals surface area (Å²) in [6, 6.07) is 0. The Labute approximate surface area is 101 Å². The Kier molecular flexibility index (Phi) is 4.80. The SMILES string of the molecule is CCCC(=N)CC(C)C(=O)c1csnc1C. The summed E-state index contributed by atoms with van der Waals surface area (Å²) < 4.78 is 4.10. The van der Waals surface area contributed by atoms with Crippen molar-refractivity contribution in [3.63, 3.8) is 0 Å². The number of hydrogen-bond acceptors (Lipinski definition) is 4. The number of nitrogens with zero attached hydrogens (tertiary/aromatic N) is 1. The normalized spacial score (nSPS) is 12.4. The standard InChI is InChI=1S/C12H18N2OS/c1-4-5-10(13)6-8(2)12(15)11-7-16-14-9(11)3/h7-8,13H,4-6H2,1-3H3. The molecule has 1 aromatic heterocycles. The van der Waals surface area contributed by atoms with Crippen molar-refractivity contribution >= 4 is 23.0 Å². The van der Waals surface area contributed by atoms with E-state index in [-0.39, 0.29) is 11.7 Å². The second-order valence-corrected chi connectivity index (χ2v) is 4.77. The Balaban J connectivity index is 2.61.